The maximum absolute atomic E-state index is 13.8. The highest BCUT2D eigenvalue weighted by Crippen LogP contribution is 2.60. The van der Waals surface area contributed by atoms with Gasteiger partial charge in [0.05, 0.1) is 13.2 Å². The van der Waals surface area contributed by atoms with Crippen LogP contribution in [-0.4, -0.2) is 54.3 Å². The molecule has 0 aromatic carbocycles. The monoisotopic (exact) mass is 571 g/mol. The predicted octanol–water partition coefficient (Wildman–Crippen LogP) is 4.22. The summed E-state index contributed by atoms with van der Waals surface area (Å²) in [5.74, 6) is -1.18. The largest absolute Gasteiger partial charge is 0.468 e. The maximum atomic E-state index is 13.8. The molecule has 0 spiro atoms. The van der Waals surface area contributed by atoms with Gasteiger partial charge in [0.1, 0.15) is 5.78 Å². The number of carbonyl (C=O) groups excluding carboxylic acids is 3. The van der Waals surface area contributed by atoms with E-state index in [1.807, 2.05) is 6.92 Å². The van der Waals surface area contributed by atoms with Crippen LogP contribution in [0, 0.1) is 35.0 Å². The van der Waals surface area contributed by atoms with Crippen LogP contribution in [0.15, 0.2) is 22.8 Å². The van der Waals surface area contributed by atoms with E-state index in [4.69, 9.17) is 9.47 Å². The van der Waals surface area contributed by atoms with Crippen LogP contribution in [0.4, 0.5) is 0 Å². The summed E-state index contributed by atoms with van der Waals surface area (Å²) >= 11 is 7.47. The molecule has 3 saturated carbocycles. The van der Waals surface area contributed by atoms with E-state index in [9.17, 15) is 14.4 Å². The van der Waals surface area contributed by atoms with Gasteiger partial charge < -0.3 is 14.4 Å². The van der Waals surface area contributed by atoms with Crippen molar-refractivity contribution < 1.29 is 23.9 Å². The topological polar surface area (TPSA) is 72.9 Å². The van der Waals surface area contributed by atoms with E-state index in [1.54, 1.807) is 18.2 Å². The molecule has 1 aliphatic heterocycles. The van der Waals surface area contributed by atoms with Crippen molar-refractivity contribution in [1.29, 1.82) is 0 Å². The van der Waals surface area contributed by atoms with Crippen molar-refractivity contribution in [2.24, 2.45) is 35.0 Å². The molecule has 0 saturated heterocycles. The summed E-state index contributed by atoms with van der Waals surface area (Å²) in [6, 6.07) is 0. The predicted molar refractivity (Wildman–Crippen MR) is 127 cm³/mol. The van der Waals surface area contributed by atoms with Crippen LogP contribution in [0.1, 0.15) is 39.0 Å². The fourth-order valence-electron chi connectivity index (χ4n) is 7.03. The third-order valence-electron chi connectivity index (χ3n) is 8.38. The van der Waals surface area contributed by atoms with E-state index >= 15 is 0 Å². The average Bonchev–Trinajstić information content (AvgIpc) is 3.04. The fraction of sp³-hybridized carbons (Fsp3) is 0.708. The molecule has 3 aliphatic carbocycles. The number of alkyl halides is 1. The number of ether oxygens (including phenoxy) is 2. The van der Waals surface area contributed by atoms with E-state index < -0.39 is 23.2 Å². The van der Waals surface area contributed by atoms with Gasteiger partial charge >= 0.3 is 5.97 Å². The lowest BCUT2D eigenvalue weighted by Gasteiger charge is -2.47. The highest BCUT2D eigenvalue weighted by atomic mass is 79.9. The summed E-state index contributed by atoms with van der Waals surface area (Å²) in [5.41, 5.74) is -0.205. The van der Waals surface area contributed by atoms with E-state index in [0.717, 1.165) is 22.9 Å². The van der Waals surface area contributed by atoms with Gasteiger partial charge in [-0.2, -0.15) is 0 Å². The van der Waals surface area contributed by atoms with Gasteiger partial charge in [0.2, 0.25) is 5.91 Å². The molecule has 2 bridgehead atoms. The summed E-state index contributed by atoms with van der Waals surface area (Å²) in [6.45, 7) is 6.62. The minimum atomic E-state index is -1.35. The van der Waals surface area contributed by atoms with E-state index in [-0.39, 0.29) is 53.2 Å². The summed E-state index contributed by atoms with van der Waals surface area (Å²) in [5, 5.41) is 0. The van der Waals surface area contributed by atoms with Crippen LogP contribution in [0.25, 0.3) is 0 Å². The molecule has 1 amide bonds. The lowest BCUT2D eigenvalue weighted by atomic mass is 9.55. The van der Waals surface area contributed by atoms with Gasteiger partial charge in [0.25, 0.3) is 0 Å². The van der Waals surface area contributed by atoms with Crippen molar-refractivity contribution in [3.05, 3.63) is 22.8 Å². The van der Waals surface area contributed by atoms with Gasteiger partial charge in [-0.25, -0.2) is 0 Å². The normalized spacial score (nSPS) is 41.8. The molecule has 2 unspecified atom stereocenters. The molecule has 8 heteroatoms. The number of hydrogen-bond acceptors (Lipinski definition) is 5. The molecular formula is C24H31Br2NO5. The van der Waals surface area contributed by atoms with Crippen LogP contribution in [-0.2, 0) is 23.9 Å². The van der Waals surface area contributed by atoms with Gasteiger partial charge in [0, 0.05) is 53.3 Å². The Hall–Kier alpha value is -0.990. The van der Waals surface area contributed by atoms with Crippen molar-refractivity contribution >= 4 is 49.5 Å². The molecular weight excluding hydrogens is 542 g/mol. The molecule has 32 heavy (non-hydrogen) atoms. The first kappa shape index (κ1) is 24.1. The van der Waals surface area contributed by atoms with Crippen LogP contribution < -0.4 is 0 Å². The smallest absolute Gasteiger partial charge is 0.321 e. The highest BCUT2D eigenvalue weighted by molar-refractivity contribution is 9.11. The average molecular weight is 573 g/mol. The van der Waals surface area contributed by atoms with E-state index in [1.165, 1.54) is 7.11 Å². The number of amides is 1. The minimum Gasteiger partial charge on any atom is -0.468 e. The lowest BCUT2D eigenvalue weighted by molar-refractivity contribution is -0.174. The van der Waals surface area contributed by atoms with Crippen LogP contribution in [0.2, 0.25) is 0 Å². The molecule has 1 heterocycles. The summed E-state index contributed by atoms with van der Waals surface area (Å²) < 4.78 is 12.0. The Kier molecular flexibility index (Phi) is 6.78. The molecule has 0 aromatic rings. The second-order valence-corrected chi connectivity index (χ2v) is 11.8. The summed E-state index contributed by atoms with van der Waals surface area (Å²) in [6.07, 6.45) is 4.26. The number of Topliss-reactive ketones (excluding diaryl/α,β-unsaturated/α-hetero) is 1. The Morgan fingerprint density at radius 1 is 1.31 bits per heavy atom. The third kappa shape index (κ3) is 3.47. The zero-order valence-corrected chi connectivity index (χ0v) is 22.0. The zero-order chi connectivity index (χ0) is 23.4. The van der Waals surface area contributed by atoms with Crippen molar-refractivity contribution in [3.63, 3.8) is 0 Å². The van der Waals surface area contributed by atoms with Gasteiger partial charge in [-0.3, -0.25) is 14.4 Å². The summed E-state index contributed by atoms with van der Waals surface area (Å²) in [7, 11) is 3.05. The first-order chi connectivity index (χ1) is 15.2. The van der Waals surface area contributed by atoms with Gasteiger partial charge in [0.15, 0.2) is 5.41 Å². The molecule has 6 nitrogen and oxygen atoms in total. The second kappa shape index (κ2) is 8.99. The van der Waals surface area contributed by atoms with Crippen molar-refractivity contribution in [1.82, 2.24) is 4.90 Å². The number of hydrogen-bond donors (Lipinski definition) is 0. The standard InChI is InChI=1S/C24H31Br2NO5/c1-5-27-11-13(25)9-16-19(18(28)6-7-24(16,22(27)29)23(30)32-4)15-10-14-12(2)8-17(26)20(15)21(14)31-3/h11,14-17,19-21H,2,5-10H2,1,3-4H3/t14-,15-,16-,17?,19+,20?,21-,24-/m0/s1. The Morgan fingerprint density at radius 2 is 2.03 bits per heavy atom. The van der Waals surface area contributed by atoms with Gasteiger partial charge in [-0.05, 0) is 44.4 Å². The fourth-order valence-corrected chi connectivity index (χ4v) is 8.73. The number of fused-ring (bicyclic) bond motifs is 3. The molecule has 0 radical (unpaired) electrons. The van der Waals surface area contributed by atoms with E-state index in [0.29, 0.717) is 13.0 Å². The van der Waals surface area contributed by atoms with Gasteiger partial charge in [-0.15, -0.1) is 0 Å². The molecule has 4 aliphatic rings. The Morgan fingerprint density at radius 3 is 2.66 bits per heavy atom. The van der Waals surface area contributed by atoms with Crippen molar-refractivity contribution in [2.75, 3.05) is 20.8 Å². The van der Waals surface area contributed by atoms with Crippen LogP contribution in [0.5, 0.6) is 0 Å². The van der Waals surface area contributed by atoms with E-state index in [2.05, 4.69) is 38.4 Å². The quantitative estimate of drug-likeness (QED) is 0.218. The first-order valence-corrected chi connectivity index (χ1v) is 13.0. The minimum absolute atomic E-state index is 0.0108. The first-order valence-electron chi connectivity index (χ1n) is 11.3. The van der Waals surface area contributed by atoms with Gasteiger partial charge in [-0.1, -0.05) is 44.0 Å². The lowest BCUT2D eigenvalue weighted by Crippen LogP contribution is -2.58. The molecule has 8 atom stereocenters. The summed E-state index contributed by atoms with van der Waals surface area (Å²) in [4.78, 5) is 42.4. The number of halogens is 2. The third-order valence-corrected chi connectivity index (χ3v) is 9.84. The Bertz CT molecular complexity index is 872. The molecule has 0 N–H and O–H groups in total. The Labute approximate surface area is 206 Å². The van der Waals surface area contributed by atoms with Crippen LogP contribution >= 0.6 is 31.9 Å². The number of carbonyl (C=O) groups is 3. The maximum Gasteiger partial charge on any atom is 0.321 e. The SMILES string of the molecule is C=C1CC(Br)C2[C@H]([C@H]3C(=O)CC[C@@]4(C(=O)OC)C(=O)N(CC)C=C(Br)C[C@@H]34)C[C@@H]1[C@@H]2OC. The van der Waals surface area contributed by atoms with Crippen molar-refractivity contribution in [2.45, 2.75) is 50.0 Å². The number of allylic oxidation sites excluding steroid dienone is 1. The number of rotatable bonds is 4. The molecule has 4 rings (SSSR count). The highest BCUT2D eigenvalue weighted by Gasteiger charge is 2.65. The molecule has 0 aromatic heterocycles. The number of nitrogens with zero attached hydrogens (tertiary/aromatic N) is 1. The van der Waals surface area contributed by atoms with Crippen LogP contribution in [0.3, 0.4) is 0 Å². The zero-order valence-electron chi connectivity index (χ0n) is 18.8. The Balaban J connectivity index is 1.83. The molecule has 176 valence electrons. The number of ketones is 1. The molecule has 3 fully saturated rings. The number of methoxy groups -OCH3 is 2. The number of esters is 1. The second-order valence-electron chi connectivity index (χ2n) is 9.59. The van der Waals surface area contributed by atoms with Crippen molar-refractivity contribution in [3.8, 4) is 0 Å².